The van der Waals surface area contributed by atoms with E-state index in [9.17, 15) is 9.18 Å². The smallest absolute Gasteiger partial charge is 0.258 e. The molecule has 7 heteroatoms. The largest absolute Gasteiger partial charge is 0.302 e. The molecule has 1 saturated heterocycles. The molecule has 1 fully saturated rings. The summed E-state index contributed by atoms with van der Waals surface area (Å²) in [6.45, 7) is 0.631. The first-order chi connectivity index (χ1) is 12.7. The van der Waals surface area contributed by atoms with Crippen molar-refractivity contribution in [1.82, 2.24) is 14.9 Å². The second kappa shape index (κ2) is 7.39. The number of nitrogens with zero attached hydrogens (tertiary/aromatic N) is 3. The summed E-state index contributed by atoms with van der Waals surface area (Å²) in [5, 5.41) is 3.72. The Hall–Kier alpha value is -2.51. The van der Waals surface area contributed by atoms with Crippen LogP contribution >= 0.6 is 23.1 Å². The third-order valence-electron chi connectivity index (χ3n) is 3.87. The summed E-state index contributed by atoms with van der Waals surface area (Å²) in [7, 11) is 0. The molecule has 1 aromatic carbocycles. The fraction of sp³-hybridized carbons (Fsp3) is 0.105. The zero-order valence-electron chi connectivity index (χ0n) is 13.6. The monoisotopic (exact) mass is 383 g/mol. The number of carbonyl (C=O) groups is 1. The average molecular weight is 383 g/mol. The second-order valence-corrected chi connectivity index (χ2v) is 7.59. The van der Waals surface area contributed by atoms with Gasteiger partial charge in [-0.25, -0.2) is 9.37 Å². The highest BCUT2D eigenvalue weighted by atomic mass is 32.2. The Morgan fingerprint density at radius 1 is 1.23 bits per heavy atom. The maximum atomic E-state index is 13.1. The minimum atomic E-state index is -0.349. The van der Waals surface area contributed by atoms with Crippen molar-refractivity contribution in [2.75, 3.05) is 12.3 Å². The molecule has 0 atom stereocenters. The Labute approximate surface area is 158 Å². The molecule has 1 aliphatic rings. The summed E-state index contributed by atoms with van der Waals surface area (Å²) < 4.78 is 13.1. The van der Waals surface area contributed by atoms with E-state index in [1.165, 1.54) is 24.3 Å². The molecule has 0 radical (unpaired) electrons. The van der Waals surface area contributed by atoms with Crippen LogP contribution in [0.4, 0.5) is 4.39 Å². The van der Waals surface area contributed by atoms with Crippen molar-refractivity contribution in [2.45, 2.75) is 0 Å². The van der Waals surface area contributed by atoms with Crippen LogP contribution < -0.4 is 0 Å². The highest BCUT2D eigenvalue weighted by molar-refractivity contribution is 8.03. The Kier molecular flexibility index (Phi) is 4.81. The van der Waals surface area contributed by atoms with Crippen LogP contribution in [0.15, 0.2) is 59.2 Å². The van der Waals surface area contributed by atoms with Crippen LogP contribution in [0.3, 0.4) is 0 Å². The number of thioether (sulfide) groups is 1. The van der Waals surface area contributed by atoms with Gasteiger partial charge in [0.15, 0.2) is 0 Å². The van der Waals surface area contributed by atoms with Gasteiger partial charge in [0.05, 0.1) is 10.7 Å². The van der Waals surface area contributed by atoms with E-state index in [-0.39, 0.29) is 11.7 Å². The highest BCUT2D eigenvalue weighted by Crippen LogP contribution is 2.32. The average Bonchev–Trinajstić information content (AvgIpc) is 3.33. The zero-order chi connectivity index (χ0) is 17.9. The van der Waals surface area contributed by atoms with Crippen LogP contribution in [-0.4, -0.2) is 33.1 Å². The molecule has 1 amide bonds. The van der Waals surface area contributed by atoms with Crippen LogP contribution in [0.25, 0.3) is 16.6 Å². The number of benzene rings is 1. The van der Waals surface area contributed by atoms with Crippen molar-refractivity contribution in [1.29, 1.82) is 0 Å². The van der Waals surface area contributed by atoms with Gasteiger partial charge in [-0.05, 0) is 42.5 Å². The highest BCUT2D eigenvalue weighted by Gasteiger charge is 2.25. The molecule has 130 valence electrons. The quantitative estimate of drug-likeness (QED) is 0.667. The van der Waals surface area contributed by atoms with Gasteiger partial charge >= 0.3 is 0 Å². The number of amides is 1. The van der Waals surface area contributed by atoms with E-state index in [1.807, 2.05) is 23.6 Å². The summed E-state index contributed by atoms with van der Waals surface area (Å²) in [5.74, 6) is 0.362. The fourth-order valence-corrected chi connectivity index (χ4v) is 4.39. The molecule has 3 heterocycles. The number of aromatic nitrogens is 2. The number of pyridine rings is 1. The minimum Gasteiger partial charge on any atom is -0.302 e. The van der Waals surface area contributed by atoms with Crippen molar-refractivity contribution in [3.8, 4) is 10.6 Å². The molecule has 0 N–H and O–H groups in total. The van der Waals surface area contributed by atoms with Gasteiger partial charge in [-0.15, -0.1) is 23.1 Å². The van der Waals surface area contributed by atoms with E-state index in [1.54, 1.807) is 40.4 Å². The molecule has 0 saturated carbocycles. The number of rotatable bonds is 3. The van der Waals surface area contributed by atoms with Crippen LogP contribution in [-0.2, 0) is 0 Å². The van der Waals surface area contributed by atoms with Crippen LogP contribution in [0.2, 0.25) is 0 Å². The van der Waals surface area contributed by atoms with Crippen molar-refractivity contribution >= 4 is 35.1 Å². The van der Waals surface area contributed by atoms with Crippen molar-refractivity contribution < 1.29 is 9.18 Å². The first-order valence-electron chi connectivity index (χ1n) is 7.98. The summed E-state index contributed by atoms with van der Waals surface area (Å²) in [6, 6.07) is 9.49. The maximum Gasteiger partial charge on any atom is 0.258 e. The lowest BCUT2D eigenvalue weighted by molar-refractivity contribution is 0.0831. The van der Waals surface area contributed by atoms with Crippen molar-refractivity contribution in [3.05, 3.63) is 76.3 Å². The predicted molar refractivity (Wildman–Crippen MR) is 103 cm³/mol. The van der Waals surface area contributed by atoms with E-state index in [4.69, 9.17) is 0 Å². The van der Waals surface area contributed by atoms with E-state index >= 15 is 0 Å². The third kappa shape index (κ3) is 3.54. The topological polar surface area (TPSA) is 46.1 Å². The lowest BCUT2D eigenvalue weighted by Crippen LogP contribution is -2.26. The Morgan fingerprint density at radius 2 is 2.08 bits per heavy atom. The van der Waals surface area contributed by atoms with E-state index in [0.29, 0.717) is 12.1 Å². The molecular weight excluding hydrogens is 369 g/mol. The number of hydrogen-bond acceptors (Lipinski definition) is 5. The van der Waals surface area contributed by atoms with E-state index in [2.05, 4.69) is 9.97 Å². The van der Waals surface area contributed by atoms with E-state index < -0.39 is 0 Å². The van der Waals surface area contributed by atoms with Crippen LogP contribution in [0.5, 0.6) is 0 Å². The number of carbonyl (C=O) groups excluding carboxylic acids is 1. The summed E-state index contributed by atoms with van der Waals surface area (Å²) in [6.07, 6.45) is 5.44. The second-order valence-electron chi connectivity index (χ2n) is 5.61. The summed E-state index contributed by atoms with van der Waals surface area (Å²) >= 11 is 3.16. The van der Waals surface area contributed by atoms with Gasteiger partial charge in [-0.2, -0.15) is 0 Å². The van der Waals surface area contributed by atoms with Gasteiger partial charge in [0.2, 0.25) is 0 Å². The van der Waals surface area contributed by atoms with Crippen LogP contribution in [0.1, 0.15) is 16.1 Å². The number of hydrogen-bond donors (Lipinski definition) is 0. The normalized spacial score (nSPS) is 15.6. The lowest BCUT2D eigenvalue weighted by atomic mass is 10.2. The minimum absolute atomic E-state index is 0.121. The van der Waals surface area contributed by atoms with E-state index in [0.717, 1.165) is 27.0 Å². The Bertz CT molecular complexity index is 954. The SMILES string of the molecule is O=C(c1ccc(F)cc1)N1CCS/C1=C/c1csc(-c2cccnc2)n1. The molecule has 26 heavy (non-hydrogen) atoms. The molecule has 4 nitrogen and oxygen atoms in total. The molecule has 2 aromatic heterocycles. The third-order valence-corrected chi connectivity index (χ3v) is 5.80. The van der Waals surface area contributed by atoms with Gasteiger partial charge in [-0.1, -0.05) is 0 Å². The van der Waals surface area contributed by atoms with Gasteiger partial charge in [0.25, 0.3) is 5.91 Å². The molecule has 4 rings (SSSR count). The van der Waals surface area contributed by atoms with Crippen molar-refractivity contribution in [3.63, 3.8) is 0 Å². The zero-order valence-corrected chi connectivity index (χ0v) is 15.3. The Balaban J connectivity index is 1.57. The number of halogens is 1. The first-order valence-corrected chi connectivity index (χ1v) is 9.85. The molecule has 0 bridgehead atoms. The lowest BCUT2D eigenvalue weighted by Gasteiger charge is -2.16. The molecular formula is C19H14FN3OS2. The maximum absolute atomic E-state index is 13.1. The van der Waals surface area contributed by atoms with Gasteiger partial charge in [0.1, 0.15) is 10.8 Å². The molecule has 0 aliphatic carbocycles. The molecule has 0 unspecified atom stereocenters. The van der Waals surface area contributed by atoms with Gasteiger partial charge < -0.3 is 4.90 Å². The van der Waals surface area contributed by atoms with Crippen LogP contribution in [0, 0.1) is 5.82 Å². The summed E-state index contributed by atoms with van der Waals surface area (Å²) in [4.78, 5) is 23.2. The number of thiazole rings is 1. The molecule has 1 aliphatic heterocycles. The predicted octanol–water partition coefficient (Wildman–Crippen LogP) is 4.53. The van der Waals surface area contributed by atoms with Crippen molar-refractivity contribution in [2.24, 2.45) is 0 Å². The summed E-state index contributed by atoms with van der Waals surface area (Å²) in [5.41, 5.74) is 2.27. The molecule has 3 aromatic rings. The Morgan fingerprint density at radius 3 is 2.85 bits per heavy atom. The molecule has 0 spiro atoms. The van der Waals surface area contributed by atoms with Gasteiger partial charge in [-0.3, -0.25) is 9.78 Å². The fourth-order valence-electron chi connectivity index (χ4n) is 2.60. The standard InChI is InChI=1S/C19H14FN3OS2/c20-15-5-3-13(4-6-15)19(24)23-8-9-25-17(23)10-16-12-26-18(22-16)14-2-1-7-21-11-14/h1-7,10-12H,8-9H2/b17-10+. The van der Waals surface area contributed by atoms with Gasteiger partial charge in [0, 0.05) is 41.2 Å². The first kappa shape index (κ1) is 16.9.